The minimum absolute atomic E-state index is 0.261. The van der Waals surface area contributed by atoms with Crippen molar-refractivity contribution < 1.29 is 9.13 Å². The predicted molar refractivity (Wildman–Crippen MR) is 65.5 cm³/mol. The lowest BCUT2D eigenvalue weighted by Gasteiger charge is -2.03. The Hall–Kier alpha value is -1.35. The van der Waals surface area contributed by atoms with Crippen molar-refractivity contribution in [1.82, 2.24) is 5.32 Å². The van der Waals surface area contributed by atoms with Crippen LogP contribution in [-0.4, -0.2) is 26.9 Å². The van der Waals surface area contributed by atoms with Crippen molar-refractivity contribution in [2.24, 2.45) is 0 Å². The molecule has 0 aromatic heterocycles. The van der Waals surface area contributed by atoms with Gasteiger partial charge in [0.1, 0.15) is 5.75 Å². The minimum atomic E-state index is -0.261. The highest BCUT2D eigenvalue weighted by Crippen LogP contribution is 2.18. The summed E-state index contributed by atoms with van der Waals surface area (Å²) in [4.78, 5) is 0. The predicted octanol–water partition coefficient (Wildman–Crippen LogP) is 2.66. The molecule has 88 valence electrons. The van der Waals surface area contributed by atoms with Gasteiger partial charge < -0.3 is 10.1 Å². The van der Waals surface area contributed by atoms with Crippen LogP contribution in [0.1, 0.15) is 12.0 Å². The molecule has 0 spiro atoms. The summed E-state index contributed by atoms with van der Waals surface area (Å²) in [6.45, 7) is 1.20. The topological polar surface area (TPSA) is 21.3 Å². The maximum atomic E-state index is 11.8. The lowest BCUT2D eigenvalue weighted by Crippen LogP contribution is -2.15. The van der Waals surface area contributed by atoms with Crippen molar-refractivity contribution in [3.05, 3.63) is 35.9 Å². The smallest absolute Gasteiger partial charge is 0.126 e. The first-order valence-corrected chi connectivity index (χ1v) is 5.44. The Morgan fingerprint density at radius 3 is 2.94 bits per heavy atom. The summed E-state index contributed by atoms with van der Waals surface area (Å²) in [7, 11) is 1.66. The fraction of sp³-hybridized carbons (Fsp3) is 0.385. The number of ether oxygens (including phenoxy) is 1. The van der Waals surface area contributed by atoms with E-state index in [0.717, 1.165) is 17.9 Å². The molecule has 0 amide bonds. The van der Waals surface area contributed by atoms with Crippen LogP contribution in [0.15, 0.2) is 30.3 Å². The van der Waals surface area contributed by atoms with Crippen molar-refractivity contribution in [3.8, 4) is 5.75 Å². The van der Waals surface area contributed by atoms with Gasteiger partial charge in [0.2, 0.25) is 0 Å². The fourth-order valence-electron chi connectivity index (χ4n) is 1.37. The zero-order valence-corrected chi connectivity index (χ0v) is 9.58. The zero-order chi connectivity index (χ0) is 11.6. The first-order chi connectivity index (χ1) is 7.88. The third kappa shape index (κ3) is 4.45. The summed E-state index contributed by atoms with van der Waals surface area (Å²) in [6.07, 6.45) is 4.58. The van der Waals surface area contributed by atoms with Crippen LogP contribution in [0.4, 0.5) is 4.39 Å². The van der Waals surface area contributed by atoms with E-state index in [1.807, 2.05) is 36.4 Å². The van der Waals surface area contributed by atoms with E-state index in [2.05, 4.69) is 5.32 Å². The minimum Gasteiger partial charge on any atom is -0.496 e. The average Bonchev–Trinajstić information content (AvgIpc) is 2.34. The molecule has 1 rings (SSSR count). The molecule has 0 bridgehead atoms. The molecule has 0 heterocycles. The van der Waals surface area contributed by atoms with E-state index in [4.69, 9.17) is 4.74 Å². The van der Waals surface area contributed by atoms with Crippen LogP contribution >= 0.6 is 0 Å². The molecule has 1 aromatic rings. The van der Waals surface area contributed by atoms with Gasteiger partial charge in [-0.15, -0.1) is 0 Å². The van der Waals surface area contributed by atoms with Gasteiger partial charge in [-0.3, -0.25) is 4.39 Å². The molecule has 16 heavy (non-hydrogen) atoms. The summed E-state index contributed by atoms with van der Waals surface area (Å²) in [5.74, 6) is 0.863. The second-order valence-corrected chi connectivity index (χ2v) is 3.39. The van der Waals surface area contributed by atoms with Gasteiger partial charge in [0.15, 0.2) is 0 Å². The van der Waals surface area contributed by atoms with Gasteiger partial charge >= 0.3 is 0 Å². The second-order valence-electron chi connectivity index (χ2n) is 3.39. The number of rotatable bonds is 7. The first kappa shape index (κ1) is 12.7. The maximum Gasteiger partial charge on any atom is 0.126 e. The van der Waals surface area contributed by atoms with Crippen LogP contribution in [0.5, 0.6) is 5.75 Å². The Kier molecular flexibility index (Phi) is 6.26. The molecular weight excluding hydrogens is 205 g/mol. The van der Waals surface area contributed by atoms with Crippen LogP contribution in [0.25, 0.3) is 6.08 Å². The summed E-state index contributed by atoms with van der Waals surface area (Å²) in [5, 5.41) is 3.13. The SMILES string of the molecule is COc1ccccc1/C=C/CNCCCF. The van der Waals surface area contributed by atoms with Crippen LogP contribution in [0.3, 0.4) is 0 Å². The number of nitrogens with one attached hydrogen (secondary N) is 1. The van der Waals surface area contributed by atoms with E-state index in [9.17, 15) is 4.39 Å². The van der Waals surface area contributed by atoms with Crippen molar-refractivity contribution in [2.45, 2.75) is 6.42 Å². The second kappa shape index (κ2) is 7.88. The Bertz CT molecular complexity index is 325. The molecule has 1 aromatic carbocycles. The highest BCUT2D eigenvalue weighted by molar-refractivity contribution is 5.57. The van der Waals surface area contributed by atoms with Crippen molar-refractivity contribution in [2.75, 3.05) is 26.9 Å². The summed E-state index contributed by atoms with van der Waals surface area (Å²) in [6, 6.07) is 7.83. The Labute approximate surface area is 96.1 Å². The summed E-state index contributed by atoms with van der Waals surface area (Å²) < 4.78 is 17.0. The Balaban J connectivity index is 2.37. The molecular formula is C13H18FNO. The molecule has 0 unspecified atom stereocenters. The standard InChI is InChI=1S/C13H18FNO/c1-16-13-8-3-2-6-12(13)7-4-10-15-11-5-9-14/h2-4,6-8,15H,5,9-11H2,1H3/b7-4+. The molecule has 0 saturated carbocycles. The molecule has 0 aliphatic rings. The van der Waals surface area contributed by atoms with E-state index in [-0.39, 0.29) is 6.67 Å². The quantitative estimate of drug-likeness (QED) is 0.717. The van der Waals surface area contributed by atoms with E-state index in [1.165, 1.54) is 0 Å². The number of alkyl halides is 1. The average molecular weight is 223 g/mol. The first-order valence-electron chi connectivity index (χ1n) is 5.44. The number of methoxy groups -OCH3 is 1. The van der Waals surface area contributed by atoms with E-state index in [0.29, 0.717) is 13.0 Å². The normalized spacial score (nSPS) is 10.9. The number of para-hydroxylation sites is 1. The van der Waals surface area contributed by atoms with Gasteiger partial charge in [-0.05, 0) is 19.0 Å². The highest BCUT2D eigenvalue weighted by atomic mass is 19.1. The van der Waals surface area contributed by atoms with E-state index in [1.54, 1.807) is 7.11 Å². The van der Waals surface area contributed by atoms with Crippen LogP contribution in [0.2, 0.25) is 0 Å². The molecule has 1 N–H and O–H groups in total. The molecule has 0 atom stereocenters. The van der Waals surface area contributed by atoms with Gasteiger partial charge in [0, 0.05) is 12.1 Å². The number of halogens is 1. The van der Waals surface area contributed by atoms with Crippen molar-refractivity contribution in [3.63, 3.8) is 0 Å². The number of hydrogen-bond donors (Lipinski definition) is 1. The van der Waals surface area contributed by atoms with E-state index < -0.39 is 0 Å². The van der Waals surface area contributed by atoms with E-state index >= 15 is 0 Å². The number of benzene rings is 1. The van der Waals surface area contributed by atoms with Gasteiger partial charge in [0.25, 0.3) is 0 Å². The summed E-state index contributed by atoms with van der Waals surface area (Å²) >= 11 is 0. The largest absolute Gasteiger partial charge is 0.496 e. The monoisotopic (exact) mass is 223 g/mol. The van der Waals surface area contributed by atoms with Gasteiger partial charge in [0.05, 0.1) is 13.8 Å². The lowest BCUT2D eigenvalue weighted by molar-refractivity contribution is 0.414. The summed E-state index contributed by atoms with van der Waals surface area (Å²) in [5.41, 5.74) is 1.05. The maximum absolute atomic E-state index is 11.8. The molecule has 0 aliphatic heterocycles. The molecule has 0 saturated heterocycles. The third-order valence-corrected chi connectivity index (χ3v) is 2.19. The van der Waals surface area contributed by atoms with Crippen molar-refractivity contribution >= 4 is 6.08 Å². The lowest BCUT2D eigenvalue weighted by atomic mass is 10.2. The van der Waals surface area contributed by atoms with Gasteiger partial charge in [-0.1, -0.05) is 30.4 Å². The molecule has 3 heteroatoms. The third-order valence-electron chi connectivity index (χ3n) is 2.19. The van der Waals surface area contributed by atoms with Gasteiger partial charge in [-0.2, -0.15) is 0 Å². The van der Waals surface area contributed by atoms with Crippen LogP contribution < -0.4 is 10.1 Å². The zero-order valence-electron chi connectivity index (χ0n) is 9.58. The highest BCUT2D eigenvalue weighted by Gasteiger charge is 1.95. The molecule has 0 radical (unpaired) electrons. The Morgan fingerprint density at radius 1 is 1.38 bits per heavy atom. The van der Waals surface area contributed by atoms with Crippen LogP contribution in [-0.2, 0) is 0 Å². The number of hydrogen-bond acceptors (Lipinski definition) is 2. The van der Waals surface area contributed by atoms with Crippen molar-refractivity contribution in [1.29, 1.82) is 0 Å². The Morgan fingerprint density at radius 2 is 2.19 bits per heavy atom. The molecule has 0 aliphatic carbocycles. The van der Waals surface area contributed by atoms with Gasteiger partial charge in [-0.25, -0.2) is 0 Å². The van der Waals surface area contributed by atoms with Crippen LogP contribution in [0, 0.1) is 0 Å². The fourth-order valence-corrected chi connectivity index (χ4v) is 1.37. The molecule has 2 nitrogen and oxygen atoms in total. The molecule has 0 fully saturated rings.